The average molecular weight is 276 g/mol. The predicted octanol–water partition coefficient (Wildman–Crippen LogP) is 2.04. The standard InChI is InChI=1S/C12H12ClF2NO2/c13-6-8-7-16(4-5-18-8)12(17)11-9(14)2-1-3-10(11)15/h1-3,8H,4-7H2. The van der Waals surface area contributed by atoms with Crippen LogP contribution >= 0.6 is 11.6 Å². The molecule has 0 aliphatic carbocycles. The Bertz CT molecular complexity index is 435. The van der Waals surface area contributed by atoms with Crippen LogP contribution in [-0.2, 0) is 4.74 Å². The van der Waals surface area contributed by atoms with Crippen LogP contribution in [0.15, 0.2) is 18.2 Å². The van der Waals surface area contributed by atoms with E-state index in [1.54, 1.807) is 0 Å². The molecule has 0 N–H and O–H groups in total. The van der Waals surface area contributed by atoms with Gasteiger partial charge in [0.15, 0.2) is 0 Å². The molecule has 1 saturated heterocycles. The van der Waals surface area contributed by atoms with Crippen molar-refractivity contribution in [2.75, 3.05) is 25.6 Å². The highest BCUT2D eigenvalue weighted by molar-refractivity contribution is 6.18. The minimum absolute atomic E-state index is 0.240. The number of nitrogens with zero attached hydrogens (tertiary/aromatic N) is 1. The first-order valence-corrected chi connectivity index (χ1v) is 6.07. The third kappa shape index (κ3) is 2.62. The van der Waals surface area contributed by atoms with Gasteiger partial charge in [0.1, 0.15) is 17.2 Å². The molecule has 1 heterocycles. The summed E-state index contributed by atoms with van der Waals surface area (Å²) in [7, 11) is 0. The summed E-state index contributed by atoms with van der Waals surface area (Å²) in [6.45, 7) is 0.870. The Morgan fingerprint density at radius 1 is 1.44 bits per heavy atom. The Hall–Kier alpha value is -1.20. The van der Waals surface area contributed by atoms with Crippen molar-refractivity contribution >= 4 is 17.5 Å². The zero-order valence-electron chi connectivity index (χ0n) is 9.54. The maximum absolute atomic E-state index is 13.5. The lowest BCUT2D eigenvalue weighted by molar-refractivity contribution is -0.0111. The molecule has 0 saturated carbocycles. The SMILES string of the molecule is O=C(c1c(F)cccc1F)N1CCOC(CCl)C1. The molecule has 0 bridgehead atoms. The zero-order valence-corrected chi connectivity index (χ0v) is 10.3. The topological polar surface area (TPSA) is 29.5 Å². The zero-order chi connectivity index (χ0) is 13.1. The second-order valence-corrected chi connectivity index (χ2v) is 4.30. The third-order valence-corrected chi connectivity index (χ3v) is 3.12. The van der Waals surface area contributed by atoms with Gasteiger partial charge in [0, 0.05) is 13.1 Å². The smallest absolute Gasteiger partial charge is 0.259 e. The monoisotopic (exact) mass is 275 g/mol. The molecule has 1 aromatic rings. The van der Waals surface area contributed by atoms with Crippen LogP contribution in [0, 0.1) is 11.6 Å². The van der Waals surface area contributed by atoms with Crippen molar-refractivity contribution < 1.29 is 18.3 Å². The van der Waals surface area contributed by atoms with Crippen LogP contribution < -0.4 is 0 Å². The number of carbonyl (C=O) groups excluding carboxylic acids is 1. The van der Waals surface area contributed by atoms with Crippen molar-refractivity contribution in [2.45, 2.75) is 6.10 Å². The Kier molecular flexibility index (Phi) is 4.14. The maximum atomic E-state index is 13.5. The fourth-order valence-corrected chi connectivity index (χ4v) is 2.04. The fraction of sp³-hybridized carbons (Fsp3) is 0.417. The van der Waals surface area contributed by atoms with Gasteiger partial charge in [-0.3, -0.25) is 4.79 Å². The summed E-state index contributed by atoms with van der Waals surface area (Å²) in [4.78, 5) is 13.4. The first-order valence-electron chi connectivity index (χ1n) is 5.54. The number of hydrogen-bond donors (Lipinski definition) is 0. The van der Waals surface area contributed by atoms with Gasteiger partial charge in [0.25, 0.3) is 5.91 Å². The summed E-state index contributed by atoms with van der Waals surface area (Å²) >= 11 is 5.65. The molecule has 1 unspecified atom stereocenters. The van der Waals surface area contributed by atoms with E-state index in [1.807, 2.05) is 0 Å². The number of amides is 1. The Morgan fingerprint density at radius 2 is 2.11 bits per heavy atom. The molecular weight excluding hydrogens is 264 g/mol. The number of halogens is 3. The van der Waals surface area contributed by atoms with E-state index in [4.69, 9.17) is 16.3 Å². The lowest BCUT2D eigenvalue weighted by Crippen LogP contribution is -2.46. The van der Waals surface area contributed by atoms with E-state index >= 15 is 0 Å². The second kappa shape index (κ2) is 5.63. The molecule has 0 radical (unpaired) electrons. The minimum atomic E-state index is -0.853. The molecule has 1 atom stereocenters. The summed E-state index contributed by atoms with van der Waals surface area (Å²) in [6.07, 6.45) is -0.292. The lowest BCUT2D eigenvalue weighted by Gasteiger charge is -2.32. The van der Waals surface area contributed by atoms with E-state index in [9.17, 15) is 13.6 Å². The second-order valence-electron chi connectivity index (χ2n) is 3.99. The Labute approximate surface area is 108 Å². The minimum Gasteiger partial charge on any atom is -0.373 e. The quantitative estimate of drug-likeness (QED) is 0.773. The first-order chi connectivity index (χ1) is 8.63. The Morgan fingerprint density at radius 3 is 2.72 bits per heavy atom. The van der Waals surface area contributed by atoms with Crippen LogP contribution in [0.25, 0.3) is 0 Å². The lowest BCUT2D eigenvalue weighted by atomic mass is 10.1. The van der Waals surface area contributed by atoms with Gasteiger partial charge in [-0.1, -0.05) is 6.07 Å². The summed E-state index contributed by atoms with van der Waals surface area (Å²) < 4.78 is 32.3. The van der Waals surface area contributed by atoms with E-state index in [2.05, 4.69) is 0 Å². The molecule has 1 aromatic carbocycles. The highest BCUT2D eigenvalue weighted by Gasteiger charge is 2.28. The van der Waals surface area contributed by atoms with Gasteiger partial charge in [-0.2, -0.15) is 0 Å². The van der Waals surface area contributed by atoms with Gasteiger partial charge >= 0.3 is 0 Å². The molecule has 1 aliphatic rings. The van der Waals surface area contributed by atoms with Crippen molar-refractivity contribution in [1.82, 2.24) is 4.90 Å². The average Bonchev–Trinajstić information content (AvgIpc) is 2.38. The molecule has 2 rings (SSSR count). The molecule has 0 aromatic heterocycles. The molecule has 98 valence electrons. The first kappa shape index (κ1) is 13.2. The molecule has 6 heteroatoms. The number of benzene rings is 1. The number of hydrogen-bond acceptors (Lipinski definition) is 2. The summed E-state index contributed by atoms with van der Waals surface area (Å²) in [5.74, 6) is -2.13. The number of morpholine rings is 1. The van der Waals surface area contributed by atoms with E-state index < -0.39 is 23.1 Å². The molecule has 1 aliphatic heterocycles. The maximum Gasteiger partial charge on any atom is 0.259 e. The van der Waals surface area contributed by atoms with E-state index in [0.29, 0.717) is 13.2 Å². The van der Waals surface area contributed by atoms with Crippen molar-refractivity contribution in [3.05, 3.63) is 35.4 Å². The van der Waals surface area contributed by atoms with Crippen molar-refractivity contribution in [2.24, 2.45) is 0 Å². The van der Waals surface area contributed by atoms with Crippen LogP contribution in [0.4, 0.5) is 8.78 Å². The van der Waals surface area contributed by atoms with E-state index in [0.717, 1.165) is 12.1 Å². The van der Waals surface area contributed by atoms with Crippen LogP contribution in [0.3, 0.4) is 0 Å². The molecule has 18 heavy (non-hydrogen) atoms. The third-order valence-electron chi connectivity index (χ3n) is 2.77. The Balaban J connectivity index is 2.20. The van der Waals surface area contributed by atoms with Crippen LogP contribution in [0.1, 0.15) is 10.4 Å². The number of carbonyl (C=O) groups is 1. The van der Waals surface area contributed by atoms with Gasteiger partial charge in [0.05, 0.1) is 18.6 Å². The highest BCUT2D eigenvalue weighted by atomic mass is 35.5. The van der Waals surface area contributed by atoms with Gasteiger partial charge in [-0.15, -0.1) is 11.6 Å². The summed E-state index contributed by atoms with van der Waals surface area (Å²) in [6, 6.07) is 3.36. The highest BCUT2D eigenvalue weighted by Crippen LogP contribution is 2.17. The molecule has 0 spiro atoms. The predicted molar refractivity (Wildman–Crippen MR) is 62.7 cm³/mol. The van der Waals surface area contributed by atoms with Crippen LogP contribution in [0.5, 0.6) is 0 Å². The number of rotatable bonds is 2. The molecule has 1 amide bonds. The summed E-state index contributed by atoms with van der Waals surface area (Å²) in [5, 5.41) is 0. The van der Waals surface area contributed by atoms with Gasteiger partial charge in [0.2, 0.25) is 0 Å². The van der Waals surface area contributed by atoms with Gasteiger partial charge in [-0.25, -0.2) is 8.78 Å². The number of ether oxygens (including phenoxy) is 1. The normalized spacial score (nSPS) is 19.9. The van der Waals surface area contributed by atoms with Gasteiger partial charge < -0.3 is 9.64 Å². The largest absolute Gasteiger partial charge is 0.373 e. The van der Waals surface area contributed by atoms with Crippen LogP contribution in [0.2, 0.25) is 0 Å². The summed E-state index contributed by atoms with van der Waals surface area (Å²) in [5.41, 5.74) is -0.521. The van der Waals surface area contributed by atoms with Gasteiger partial charge in [-0.05, 0) is 12.1 Å². The fourth-order valence-electron chi connectivity index (χ4n) is 1.86. The number of alkyl halides is 1. The van der Waals surface area contributed by atoms with E-state index in [-0.39, 0.29) is 18.5 Å². The van der Waals surface area contributed by atoms with Crippen molar-refractivity contribution in [1.29, 1.82) is 0 Å². The van der Waals surface area contributed by atoms with Crippen molar-refractivity contribution in [3.8, 4) is 0 Å². The van der Waals surface area contributed by atoms with Crippen molar-refractivity contribution in [3.63, 3.8) is 0 Å². The molecule has 1 fully saturated rings. The van der Waals surface area contributed by atoms with Crippen LogP contribution in [-0.4, -0.2) is 42.5 Å². The molecule has 3 nitrogen and oxygen atoms in total. The molecular formula is C12H12ClF2NO2. The van der Waals surface area contributed by atoms with E-state index in [1.165, 1.54) is 11.0 Å².